The van der Waals surface area contributed by atoms with Gasteiger partial charge < -0.3 is 16.4 Å². The van der Waals surface area contributed by atoms with Crippen molar-refractivity contribution >= 4 is 17.7 Å². The summed E-state index contributed by atoms with van der Waals surface area (Å²) in [6, 6.07) is 4.69. The molecule has 1 atom stereocenters. The first kappa shape index (κ1) is 18.7. The highest BCUT2D eigenvalue weighted by molar-refractivity contribution is 5.97. The van der Waals surface area contributed by atoms with E-state index in [0.29, 0.717) is 23.4 Å². The number of hydrogen-bond donors (Lipinski definition) is 3. The summed E-state index contributed by atoms with van der Waals surface area (Å²) >= 11 is 0. The molecule has 2 aliphatic carbocycles. The van der Waals surface area contributed by atoms with Gasteiger partial charge in [0.1, 0.15) is 5.82 Å². The van der Waals surface area contributed by atoms with Crippen LogP contribution in [0.15, 0.2) is 24.5 Å². The van der Waals surface area contributed by atoms with Crippen molar-refractivity contribution in [3.05, 3.63) is 41.3 Å². The number of pyridine rings is 1. The van der Waals surface area contributed by atoms with Gasteiger partial charge in [-0.05, 0) is 43.7 Å². The van der Waals surface area contributed by atoms with E-state index in [1.165, 1.54) is 43.1 Å². The van der Waals surface area contributed by atoms with Crippen LogP contribution < -0.4 is 16.4 Å². The molecular weight excluding hydrogens is 352 g/mol. The molecule has 0 saturated heterocycles. The second kappa shape index (κ2) is 8.54. The predicted octanol–water partition coefficient (Wildman–Crippen LogP) is 3.07. The van der Waals surface area contributed by atoms with Gasteiger partial charge in [0, 0.05) is 30.2 Å². The number of anilines is 2. The molecule has 2 aromatic heterocycles. The predicted molar refractivity (Wildman–Crippen MR) is 109 cm³/mol. The lowest BCUT2D eigenvalue weighted by Crippen LogP contribution is -2.29. The molecule has 0 aliphatic heterocycles. The fourth-order valence-corrected chi connectivity index (χ4v) is 4.23. The molecule has 2 aromatic rings. The van der Waals surface area contributed by atoms with Gasteiger partial charge in [-0.2, -0.15) is 4.98 Å². The number of aryl methyl sites for hydroxylation is 1. The number of carbonyl (C=O) groups excluding carboxylic acids is 1. The van der Waals surface area contributed by atoms with Crippen molar-refractivity contribution in [1.29, 1.82) is 0 Å². The summed E-state index contributed by atoms with van der Waals surface area (Å²) in [5.74, 6) is 0.591. The minimum atomic E-state index is -0.500. The Morgan fingerprint density at radius 2 is 1.86 bits per heavy atom. The summed E-state index contributed by atoms with van der Waals surface area (Å²) in [5.41, 5.74) is 8.36. The van der Waals surface area contributed by atoms with Crippen LogP contribution in [0.4, 0.5) is 11.8 Å². The van der Waals surface area contributed by atoms with Crippen molar-refractivity contribution in [2.24, 2.45) is 5.73 Å². The second-order valence-electron chi connectivity index (χ2n) is 7.85. The number of nitrogens with one attached hydrogen (secondary N) is 2. The number of fused-ring (bicyclic) bond motifs is 1. The molecule has 148 valence electrons. The fourth-order valence-electron chi connectivity index (χ4n) is 4.23. The normalized spacial score (nSPS) is 20.1. The smallest absolute Gasteiger partial charge is 0.254 e. The van der Waals surface area contributed by atoms with Crippen LogP contribution >= 0.6 is 0 Å². The second-order valence-corrected chi connectivity index (χ2v) is 7.85. The number of nitrogens with zero attached hydrogens (tertiary/aromatic N) is 3. The summed E-state index contributed by atoms with van der Waals surface area (Å²) in [5, 5.41) is 6.90. The maximum absolute atomic E-state index is 11.8. The Labute approximate surface area is 165 Å². The van der Waals surface area contributed by atoms with Crippen LogP contribution in [0, 0.1) is 0 Å². The third-order valence-corrected chi connectivity index (χ3v) is 5.76. The zero-order chi connectivity index (χ0) is 19.3. The van der Waals surface area contributed by atoms with Crippen molar-refractivity contribution in [3.63, 3.8) is 0 Å². The molecule has 1 saturated carbocycles. The molecule has 2 aliphatic rings. The quantitative estimate of drug-likeness (QED) is 0.689. The maximum Gasteiger partial charge on any atom is 0.254 e. The molecule has 28 heavy (non-hydrogen) atoms. The summed E-state index contributed by atoms with van der Waals surface area (Å²) in [6.45, 7) is 0. The Hall–Kier alpha value is -2.70. The highest BCUT2D eigenvalue weighted by Crippen LogP contribution is 2.24. The molecule has 1 fully saturated rings. The lowest BCUT2D eigenvalue weighted by molar-refractivity contribution is 0.100. The van der Waals surface area contributed by atoms with Gasteiger partial charge in [-0.3, -0.25) is 9.78 Å². The van der Waals surface area contributed by atoms with Crippen LogP contribution in [0.3, 0.4) is 0 Å². The minimum Gasteiger partial charge on any atom is -0.367 e. The number of carbonyl (C=O) groups is 1. The van der Waals surface area contributed by atoms with E-state index in [-0.39, 0.29) is 6.04 Å². The Balaban J connectivity index is 1.49. The van der Waals surface area contributed by atoms with Crippen LogP contribution in [-0.4, -0.2) is 32.9 Å². The topological polar surface area (TPSA) is 106 Å². The van der Waals surface area contributed by atoms with E-state index >= 15 is 0 Å². The number of aromatic nitrogens is 3. The van der Waals surface area contributed by atoms with Crippen LogP contribution in [0.25, 0.3) is 0 Å². The highest BCUT2D eigenvalue weighted by Gasteiger charge is 2.22. The molecule has 0 bridgehead atoms. The van der Waals surface area contributed by atoms with Gasteiger partial charge in [0.25, 0.3) is 5.91 Å². The lowest BCUT2D eigenvalue weighted by atomic mass is 9.92. The third kappa shape index (κ3) is 4.40. The number of primary amides is 1. The molecule has 0 unspecified atom stereocenters. The van der Waals surface area contributed by atoms with E-state index in [1.54, 1.807) is 0 Å². The average Bonchev–Trinajstić information content (AvgIpc) is 2.96. The number of amides is 1. The Morgan fingerprint density at radius 3 is 2.64 bits per heavy atom. The van der Waals surface area contributed by atoms with Crippen molar-refractivity contribution in [2.75, 3.05) is 10.6 Å². The summed E-state index contributed by atoms with van der Waals surface area (Å²) in [7, 11) is 0. The molecular formula is C21H28N6O. The van der Waals surface area contributed by atoms with Crippen LogP contribution in [0.1, 0.15) is 66.6 Å². The first-order valence-corrected chi connectivity index (χ1v) is 10.3. The van der Waals surface area contributed by atoms with Crippen LogP contribution in [-0.2, 0) is 12.8 Å². The monoisotopic (exact) mass is 380 g/mol. The standard InChI is InChI=1S/C21H28N6O/c22-19(28)17-13-24-21(27-20(17)25-15-7-3-1-2-4-8-15)26-16-9-10-18-14(12-16)6-5-11-23-18/h5-6,11,13,15-16H,1-4,7-10,12H2,(H2,22,28)(H2,24,25,26,27)/t16-/m0/s1. The third-order valence-electron chi connectivity index (χ3n) is 5.76. The summed E-state index contributed by atoms with van der Waals surface area (Å²) in [4.78, 5) is 25.3. The van der Waals surface area contributed by atoms with Crippen molar-refractivity contribution < 1.29 is 4.79 Å². The molecule has 0 spiro atoms. The average molecular weight is 380 g/mol. The fraction of sp³-hybridized carbons (Fsp3) is 0.524. The van der Waals surface area contributed by atoms with E-state index in [1.807, 2.05) is 12.3 Å². The van der Waals surface area contributed by atoms with Gasteiger partial charge in [-0.25, -0.2) is 4.98 Å². The molecule has 4 N–H and O–H groups in total. The molecule has 0 aromatic carbocycles. The van der Waals surface area contributed by atoms with Gasteiger partial charge in [0.2, 0.25) is 5.95 Å². The Bertz CT molecular complexity index is 831. The van der Waals surface area contributed by atoms with Crippen molar-refractivity contribution in [3.8, 4) is 0 Å². The van der Waals surface area contributed by atoms with Gasteiger partial charge in [0.05, 0.1) is 5.56 Å². The first-order chi connectivity index (χ1) is 13.7. The van der Waals surface area contributed by atoms with Crippen LogP contribution in [0.5, 0.6) is 0 Å². The number of hydrogen-bond acceptors (Lipinski definition) is 6. The first-order valence-electron chi connectivity index (χ1n) is 10.3. The van der Waals surface area contributed by atoms with Crippen LogP contribution in [0.2, 0.25) is 0 Å². The zero-order valence-electron chi connectivity index (χ0n) is 16.2. The van der Waals surface area contributed by atoms with E-state index < -0.39 is 5.91 Å². The van der Waals surface area contributed by atoms with E-state index in [9.17, 15) is 4.79 Å². The van der Waals surface area contributed by atoms with E-state index in [4.69, 9.17) is 5.73 Å². The van der Waals surface area contributed by atoms with Crippen molar-refractivity contribution in [1.82, 2.24) is 15.0 Å². The zero-order valence-corrected chi connectivity index (χ0v) is 16.2. The molecule has 7 heteroatoms. The Kier molecular flexibility index (Phi) is 5.69. The molecule has 2 heterocycles. The largest absolute Gasteiger partial charge is 0.367 e. The van der Waals surface area contributed by atoms with Gasteiger partial charge in [-0.1, -0.05) is 31.7 Å². The minimum absolute atomic E-state index is 0.252. The SMILES string of the molecule is NC(=O)c1cnc(N[C@H]2CCc3ncccc3C2)nc1NC1CCCCCC1. The maximum atomic E-state index is 11.8. The molecule has 7 nitrogen and oxygen atoms in total. The number of rotatable bonds is 5. The molecule has 0 radical (unpaired) electrons. The number of nitrogens with two attached hydrogens (primary N) is 1. The molecule has 4 rings (SSSR count). The van der Waals surface area contributed by atoms with E-state index in [2.05, 4.69) is 31.7 Å². The molecule has 1 amide bonds. The van der Waals surface area contributed by atoms with E-state index in [0.717, 1.165) is 32.1 Å². The highest BCUT2D eigenvalue weighted by atomic mass is 16.1. The lowest BCUT2D eigenvalue weighted by Gasteiger charge is -2.25. The van der Waals surface area contributed by atoms with Gasteiger partial charge >= 0.3 is 0 Å². The van der Waals surface area contributed by atoms with Crippen molar-refractivity contribution in [2.45, 2.75) is 69.9 Å². The summed E-state index contributed by atoms with van der Waals surface area (Å²) < 4.78 is 0. The Morgan fingerprint density at radius 1 is 1.04 bits per heavy atom. The summed E-state index contributed by atoms with van der Waals surface area (Å²) in [6.07, 6.45) is 13.4. The van der Waals surface area contributed by atoms with Gasteiger partial charge in [0.15, 0.2) is 0 Å². The van der Waals surface area contributed by atoms with Gasteiger partial charge in [-0.15, -0.1) is 0 Å².